The predicted molar refractivity (Wildman–Crippen MR) is 108 cm³/mol. The first kappa shape index (κ1) is 17.6. The lowest BCUT2D eigenvalue weighted by molar-refractivity contribution is 0.250. The van der Waals surface area contributed by atoms with Crippen LogP contribution in [0.5, 0.6) is 5.75 Å². The number of rotatable bonds is 4. The molecule has 5 heteroatoms. The van der Waals surface area contributed by atoms with Gasteiger partial charge in [0.2, 0.25) is 0 Å². The summed E-state index contributed by atoms with van der Waals surface area (Å²) in [6.07, 6.45) is 0. The molecule has 0 aliphatic carbocycles. The number of methoxy groups -OCH3 is 1. The van der Waals surface area contributed by atoms with E-state index in [1.807, 2.05) is 12.1 Å². The molecule has 2 heterocycles. The highest BCUT2D eigenvalue weighted by molar-refractivity contribution is 5.81. The fraction of sp³-hybridized carbons (Fsp3) is 0.318. The van der Waals surface area contributed by atoms with Crippen LogP contribution >= 0.6 is 0 Å². The number of hydrogen-bond acceptors (Lipinski definition) is 5. The number of piperazine rings is 1. The lowest BCUT2D eigenvalue weighted by Gasteiger charge is -2.36. The van der Waals surface area contributed by atoms with Crippen molar-refractivity contribution in [3.8, 4) is 5.75 Å². The van der Waals surface area contributed by atoms with E-state index in [0.717, 1.165) is 43.7 Å². The zero-order valence-corrected chi connectivity index (χ0v) is 15.8. The molecule has 5 nitrogen and oxygen atoms in total. The molecule has 1 saturated heterocycles. The first-order chi connectivity index (χ1) is 13.1. The van der Waals surface area contributed by atoms with Gasteiger partial charge in [-0.1, -0.05) is 18.2 Å². The minimum atomic E-state index is -0.315. The molecule has 1 aliphatic heterocycles. The zero-order valence-electron chi connectivity index (χ0n) is 15.8. The van der Waals surface area contributed by atoms with Gasteiger partial charge in [-0.25, -0.2) is 4.79 Å². The SMILES string of the molecule is COc1ccc2c(CN3CCN(c4ccccc4C)CC3)cc(=O)oc2c1. The van der Waals surface area contributed by atoms with Crippen molar-refractivity contribution in [1.29, 1.82) is 0 Å². The molecule has 0 spiro atoms. The summed E-state index contributed by atoms with van der Waals surface area (Å²) in [5, 5.41) is 0.969. The van der Waals surface area contributed by atoms with Crippen LogP contribution in [0.25, 0.3) is 11.0 Å². The molecule has 3 aromatic rings. The van der Waals surface area contributed by atoms with Crippen LogP contribution in [0.2, 0.25) is 0 Å². The largest absolute Gasteiger partial charge is 0.497 e. The molecule has 2 aromatic carbocycles. The standard InChI is InChI=1S/C22H24N2O3/c1-16-5-3-4-6-20(16)24-11-9-23(10-12-24)15-17-13-22(25)27-21-14-18(26-2)7-8-19(17)21/h3-8,13-14H,9-12,15H2,1-2H3. The Morgan fingerprint density at radius 3 is 2.56 bits per heavy atom. The van der Waals surface area contributed by atoms with Crippen LogP contribution in [0.1, 0.15) is 11.1 Å². The van der Waals surface area contributed by atoms with Gasteiger partial charge in [-0.3, -0.25) is 4.90 Å². The van der Waals surface area contributed by atoms with E-state index in [0.29, 0.717) is 11.3 Å². The van der Waals surface area contributed by atoms with E-state index >= 15 is 0 Å². The molecule has 0 unspecified atom stereocenters. The van der Waals surface area contributed by atoms with E-state index in [-0.39, 0.29) is 5.63 Å². The van der Waals surface area contributed by atoms with Gasteiger partial charge < -0.3 is 14.1 Å². The summed E-state index contributed by atoms with van der Waals surface area (Å²) in [5.41, 5.74) is 3.90. The second kappa shape index (κ2) is 7.45. The average molecular weight is 364 g/mol. The fourth-order valence-electron chi connectivity index (χ4n) is 3.77. The van der Waals surface area contributed by atoms with Crippen molar-refractivity contribution >= 4 is 16.7 Å². The maximum absolute atomic E-state index is 12.0. The number of benzene rings is 2. The topological polar surface area (TPSA) is 45.9 Å². The third kappa shape index (κ3) is 3.69. The van der Waals surface area contributed by atoms with Crippen molar-refractivity contribution in [2.45, 2.75) is 13.5 Å². The van der Waals surface area contributed by atoms with Gasteiger partial charge in [0.1, 0.15) is 11.3 Å². The fourth-order valence-corrected chi connectivity index (χ4v) is 3.77. The van der Waals surface area contributed by atoms with E-state index in [1.165, 1.54) is 11.3 Å². The molecule has 27 heavy (non-hydrogen) atoms. The summed E-state index contributed by atoms with van der Waals surface area (Å²) in [6.45, 7) is 6.80. The van der Waals surface area contributed by atoms with E-state index in [9.17, 15) is 4.79 Å². The number of nitrogens with zero attached hydrogens (tertiary/aromatic N) is 2. The Morgan fingerprint density at radius 2 is 1.81 bits per heavy atom. The zero-order chi connectivity index (χ0) is 18.8. The molecule has 0 radical (unpaired) electrons. The van der Waals surface area contributed by atoms with Gasteiger partial charge in [-0.15, -0.1) is 0 Å². The van der Waals surface area contributed by atoms with Crippen molar-refractivity contribution in [1.82, 2.24) is 4.90 Å². The minimum Gasteiger partial charge on any atom is -0.497 e. The van der Waals surface area contributed by atoms with Crippen molar-refractivity contribution < 1.29 is 9.15 Å². The van der Waals surface area contributed by atoms with Crippen molar-refractivity contribution in [3.05, 3.63) is 70.1 Å². The molecular weight excluding hydrogens is 340 g/mol. The van der Waals surface area contributed by atoms with Gasteiger partial charge in [0.05, 0.1) is 7.11 Å². The summed E-state index contributed by atoms with van der Waals surface area (Å²) in [4.78, 5) is 16.8. The number of aryl methyl sites for hydroxylation is 1. The minimum absolute atomic E-state index is 0.315. The van der Waals surface area contributed by atoms with Gasteiger partial charge in [0.15, 0.2) is 0 Å². The van der Waals surface area contributed by atoms with Crippen molar-refractivity contribution in [2.75, 3.05) is 38.2 Å². The Kier molecular flexibility index (Phi) is 4.86. The highest BCUT2D eigenvalue weighted by Crippen LogP contribution is 2.25. The van der Waals surface area contributed by atoms with Gasteiger partial charge in [0.25, 0.3) is 0 Å². The quantitative estimate of drug-likeness (QED) is 0.664. The molecule has 1 fully saturated rings. The Balaban J connectivity index is 1.51. The smallest absolute Gasteiger partial charge is 0.336 e. The molecule has 1 aromatic heterocycles. The average Bonchev–Trinajstić information content (AvgIpc) is 2.68. The highest BCUT2D eigenvalue weighted by atomic mass is 16.5. The lowest BCUT2D eigenvalue weighted by atomic mass is 10.1. The third-order valence-electron chi connectivity index (χ3n) is 5.26. The number of anilines is 1. The summed E-state index contributed by atoms with van der Waals surface area (Å²) in [6, 6.07) is 15.8. The molecule has 0 amide bonds. The van der Waals surface area contributed by atoms with Crippen LogP contribution in [-0.2, 0) is 6.54 Å². The predicted octanol–water partition coefficient (Wildman–Crippen LogP) is 3.43. The Hall–Kier alpha value is -2.79. The van der Waals surface area contributed by atoms with Crippen molar-refractivity contribution in [2.24, 2.45) is 0 Å². The van der Waals surface area contributed by atoms with E-state index in [2.05, 4.69) is 41.0 Å². The summed E-state index contributed by atoms with van der Waals surface area (Å²) in [5.74, 6) is 0.689. The number of fused-ring (bicyclic) bond motifs is 1. The molecule has 0 N–H and O–H groups in total. The molecule has 1 aliphatic rings. The number of hydrogen-bond donors (Lipinski definition) is 0. The van der Waals surface area contributed by atoms with Gasteiger partial charge >= 0.3 is 5.63 Å². The maximum Gasteiger partial charge on any atom is 0.336 e. The van der Waals surface area contributed by atoms with E-state index in [4.69, 9.17) is 9.15 Å². The summed E-state index contributed by atoms with van der Waals surface area (Å²) in [7, 11) is 1.61. The highest BCUT2D eigenvalue weighted by Gasteiger charge is 2.19. The molecule has 140 valence electrons. The monoisotopic (exact) mass is 364 g/mol. The Bertz CT molecular complexity index is 1000. The van der Waals surface area contributed by atoms with Crippen molar-refractivity contribution in [3.63, 3.8) is 0 Å². The van der Waals surface area contributed by atoms with Crippen LogP contribution in [-0.4, -0.2) is 38.2 Å². The van der Waals surface area contributed by atoms with Gasteiger partial charge in [0, 0.05) is 55.9 Å². The number of para-hydroxylation sites is 1. The lowest BCUT2D eigenvalue weighted by Crippen LogP contribution is -2.46. The number of ether oxygens (including phenoxy) is 1. The van der Waals surface area contributed by atoms with Crippen LogP contribution in [0.3, 0.4) is 0 Å². The third-order valence-corrected chi connectivity index (χ3v) is 5.26. The second-order valence-corrected chi connectivity index (χ2v) is 7.00. The van der Waals surface area contributed by atoms with E-state index < -0.39 is 0 Å². The van der Waals surface area contributed by atoms with Gasteiger partial charge in [-0.05, 0) is 36.2 Å². The maximum atomic E-state index is 12.0. The molecule has 4 rings (SSSR count). The molecular formula is C22H24N2O3. The van der Waals surface area contributed by atoms with E-state index in [1.54, 1.807) is 19.2 Å². The molecule has 0 saturated carbocycles. The van der Waals surface area contributed by atoms with Crippen LogP contribution < -0.4 is 15.3 Å². The Labute approximate surface area is 158 Å². The molecule has 0 bridgehead atoms. The van der Waals surface area contributed by atoms with Crippen LogP contribution in [0, 0.1) is 6.92 Å². The van der Waals surface area contributed by atoms with Crippen LogP contribution in [0.4, 0.5) is 5.69 Å². The normalized spacial score (nSPS) is 15.3. The summed E-state index contributed by atoms with van der Waals surface area (Å²) < 4.78 is 10.6. The first-order valence-electron chi connectivity index (χ1n) is 9.28. The first-order valence-corrected chi connectivity index (χ1v) is 9.28. The molecule has 0 atom stereocenters. The summed E-state index contributed by atoms with van der Waals surface area (Å²) >= 11 is 0. The van der Waals surface area contributed by atoms with Gasteiger partial charge in [-0.2, -0.15) is 0 Å². The second-order valence-electron chi connectivity index (χ2n) is 7.00. The Morgan fingerprint density at radius 1 is 1.04 bits per heavy atom. The van der Waals surface area contributed by atoms with Crippen LogP contribution in [0.15, 0.2) is 57.7 Å².